The number of pyridine rings is 2. The first kappa shape index (κ1) is 21.0. The predicted molar refractivity (Wildman–Crippen MR) is 131 cm³/mol. The van der Waals surface area contributed by atoms with Crippen LogP contribution in [0, 0.1) is 0 Å². The third kappa shape index (κ3) is 3.78. The van der Waals surface area contributed by atoms with Crippen molar-refractivity contribution in [3.8, 4) is 17.2 Å². The highest BCUT2D eigenvalue weighted by atomic mass is 32.1. The molecular weight excluding hydrogens is 434 g/mol. The molecule has 0 bridgehead atoms. The minimum Gasteiger partial charge on any atom is -0.497 e. The summed E-state index contributed by atoms with van der Waals surface area (Å²) in [6, 6.07) is 19.4. The van der Waals surface area contributed by atoms with E-state index >= 15 is 0 Å². The SMILES string of the molecule is COc1ccc(N2C(=S)N[C@@H](c3ccccn3)[C@H]2c2cccn2-c2cccnc2)c(OC)c1. The van der Waals surface area contributed by atoms with Crippen LogP contribution in [0.15, 0.2) is 85.5 Å². The Balaban J connectivity index is 1.69. The fraction of sp³-hybridized carbons (Fsp3) is 0.160. The first-order valence-corrected chi connectivity index (χ1v) is 10.9. The molecule has 1 aromatic carbocycles. The molecule has 0 amide bonds. The molecule has 7 nitrogen and oxygen atoms in total. The summed E-state index contributed by atoms with van der Waals surface area (Å²) in [6.45, 7) is 0. The van der Waals surface area contributed by atoms with Crippen LogP contribution in [0.5, 0.6) is 11.5 Å². The van der Waals surface area contributed by atoms with Crippen molar-refractivity contribution < 1.29 is 9.47 Å². The van der Waals surface area contributed by atoms with Crippen molar-refractivity contribution >= 4 is 23.0 Å². The van der Waals surface area contributed by atoms with E-state index in [9.17, 15) is 0 Å². The molecule has 1 saturated heterocycles. The molecule has 1 fully saturated rings. The van der Waals surface area contributed by atoms with Gasteiger partial charge in [-0.3, -0.25) is 9.97 Å². The van der Waals surface area contributed by atoms with Gasteiger partial charge in [-0.2, -0.15) is 0 Å². The van der Waals surface area contributed by atoms with Crippen molar-refractivity contribution in [2.75, 3.05) is 19.1 Å². The van der Waals surface area contributed by atoms with Gasteiger partial charge in [-0.05, 0) is 60.7 Å². The molecule has 0 spiro atoms. The van der Waals surface area contributed by atoms with Crippen LogP contribution < -0.4 is 19.7 Å². The Morgan fingerprint density at radius 2 is 1.88 bits per heavy atom. The zero-order valence-corrected chi connectivity index (χ0v) is 19.1. The van der Waals surface area contributed by atoms with Crippen molar-refractivity contribution in [3.05, 3.63) is 96.8 Å². The van der Waals surface area contributed by atoms with E-state index in [0.717, 1.165) is 22.8 Å². The van der Waals surface area contributed by atoms with Gasteiger partial charge >= 0.3 is 0 Å². The van der Waals surface area contributed by atoms with E-state index in [0.29, 0.717) is 16.6 Å². The third-order valence-electron chi connectivity index (χ3n) is 5.75. The van der Waals surface area contributed by atoms with Crippen LogP contribution in [0.25, 0.3) is 5.69 Å². The maximum atomic E-state index is 5.86. The molecule has 1 N–H and O–H groups in total. The molecule has 1 aliphatic heterocycles. The fourth-order valence-electron chi connectivity index (χ4n) is 4.27. The Morgan fingerprint density at radius 3 is 2.61 bits per heavy atom. The van der Waals surface area contributed by atoms with Gasteiger partial charge in [-0.15, -0.1) is 0 Å². The predicted octanol–water partition coefficient (Wildman–Crippen LogP) is 4.46. The fourth-order valence-corrected chi connectivity index (χ4v) is 4.60. The Labute approximate surface area is 197 Å². The topological polar surface area (TPSA) is 64.4 Å². The van der Waals surface area contributed by atoms with Crippen molar-refractivity contribution in [2.24, 2.45) is 0 Å². The van der Waals surface area contributed by atoms with E-state index in [1.54, 1.807) is 26.6 Å². The molecule has 0 saturated carbocycles. The Hall–Kier alpha value is -3.91. The molecular formula is C25H23N5O2S. The number of nitrogens with zero attached hydrogens (tertiary/aromatic N) is 4. The van der Waals surface area contributed by atoms with Crippen LogP contribution in [-0.4, -0.2) is 33.9 Å². The molecule has 0 aliphatic carbocycles. The number of methoxy groups -OCH3 is 2. The second kappa shape index (κ2) is 8.91. The van der Waals surface area contributed by atoms with Gasteiger partial charge in [0, 0.05) is 30.4 Å². The van der Waals surface area contributed by atoms with Crippen LogP contribution in [0.1, 0.15) is 23.5 Å². The lowest BCUT2D eigenvalue weighted by molar-refractivity contribution is 0.394. The highest BCUT2D eigenvalue weighted by molar-refractivity contribution is 7.80. The average molecular weight is 458 g/mol. The van der Waals surface area contributed by atoms with Crippen LogP contribution in [0.2, 0.25) is 0 Å². The van der Waals surface area contributed by atoms with Crippen LogP contribution in [-0.2, 0) is 0 Å². The van der Waals surface area contributed by atoms with Gasteiger partial charge in [0.05, 0.1) is 43.5 Å². The summed E-state index contributed by atoms with van der Waals surface area (Å²) in [6.07, 6.45) is 7.45. The number of rotatable bonds is 6. The van der Waals surface area contributed by atoms with Crippen molar-refractivity contribution in [1.29, 1.82) is 0 Å². The van der Waals surface area contributed by atoms with Crippen molar-refractivity contribution in [3.63, 3.8) is 0 Å². The molecule has 166 valence electrons. The maximum Gasteiger partial charge on any atom is 0.174 e. The van der Waals surface area contributed by atoms with Gasteiger partial charge < -0.3 is 24.3 Å². The number of nitrogens with one attached hydrogen (secondary N) is 1. The molecule has 5 rings (SSSR count). The van der Waals surface area contributed by atoms with Crippen molar-refractivity contribution in [2.45, 2.75) is 12.1 Å². The van der Waals surface area contributed by atoms with E-state index in [2.05, 4.69) is 30.8 Å². The minimum atomic E-state index is -0.190. The zero-order chi connectivity index (χ0) is 22.8. The first-order valence-electron chi connectivity index (χ1n) is 10.5. The second-order valence-electron chi connectivity index (χ2n) is 7.55. The number of ether oxygens (including phenoxy) is 2. The maximum absolute atomic E-state index is 5.86. The van der Waals surface area contributed by atoms with Gasteiger partial charge in [-0.25, -0.2) is 0 Å². The van der Waals surface area contributed by atoms with Gasteiger partial charge in [0.15, 0.2) is 5.11 Å². The summed E-state index contributed by atoms with van der Waals surface area (Å²) in [5.74, 6) is 1.38. The normalized spacial score (nSPS) is 17.6. The smallest absolute Gasteiger partial charge is 0.174 e. The van der Waals surface area contributed by atoms with Crippen LogP contribution in [0.4, 0.5) is 5.69 Å². The summed E-state index contributed by atoms with van der Waals surface area (Å²) < 4.78 is 13.3. The highest BCUT2D eigenvalue weighted by Crippen LogP contribution is 2.45. The molecule has 1 aliphatic rings. The number of hydrogen-bond acceptors (Lipinski definition) is 5. The number of thiocarbonyl (C=S) groups is 1. The summed E-state index contributed by atoms with van der Waals surface area (Å²) >= 11 is 5.86. The van der Waals surface area contributed by atoms with E-state index in [-0.39, 0.29) is 12.1 Å². The molecule has 33 heavy (non-hydrogen) atoms. The molecule has 2 atom stereocenters. The van der Waals surface area contributed by atoms with E-state index in [4.69, 9.17) is 21.7 Å². The van der Waals surface area contributed by atoms with Gasteiger partial charge in [0.25, 0.3) is 0 Å². The van der Waals surface area contributed by atoms with Crippen molar-refractivity contribution in [1.82, 2.24) is 19.9 Å². The quantitative estimate of drug-likeness (QED) is 0.429. The third-order valence-corrected chi connectivity index (χ3v) is 6.07. The standard InChI is InChI=1S/C25H23N5O2S/c1-31-18-10-11-20(22(15-18)32-2)30-24(23(28-25(30)33)19-8-3-4-13-27-19)21-9-6-14-29(21)17-7-5-12-26-16-17/h3-16,23-24H,1-2H3,(H,28,33)/t23-,24+/m0/s1. The minimum absolute atomic E-state index is 0.171. The molecule has 4 heterocycles. The summed E-state index contributed by atoms with van der Waals surface area (Å²) in [4.78, 5) is 11.0. The summed E-state index contributed by atoms with van der Waals surface area (Å²) in [5.41, 5.74) is 3.76. The molecule has 4 aromatic rings. The Kier molecular flexibility index (Phi) is 5.66. The lowest BCUT2D eigenvalue weighted by atomic mass is 10.0. The average Bonchev–Trinajstić information content (AvgIpc) is 3.49. The van der Waals surface area contributed by atoms with Crippen LogP contribution >= 0.6 is 12.2 Å². The van der Waals surface area contributed by atoms with Crippen LogP contribution in [0.3, 0.4) is 0 Å². The number of anilines is 1. The Morgan fingerprint density at radius 1 is 0.970 bits per heavy atom. The molecule has 3 aromatic heterocycles. The van der Waals surface area contributed by atoms with Gasteiger partial charge in [0.1, 0.15) is 17.5 Å². The van der Waals surface area contributed by atoms with E-state index < -0.39 is 0 Å². The summed E-state index contributed by atoms with van der Waals surface area (Å²) in [5, 5.41) is 4.09. The number of benzene rings is 1. The lowest BCUT2D eigenvalue weighted by Gasteiger charge is -2.30. The Bertz CT molecular complexity index is 1260. The second-order valence-corrected chi connectivity index (χ2v) is 7.94. The highest BCUT2D eigenvalue weighted by Gasteiger charge is 2.43. The van der Waals surface area contributed by atoms with Gasteiger partial charge in [-0.1, -0.05) is 6.07 Å². The van der Waals surface area contributed by atoms with E-state index in [1.165, 1.54) is 0 Å². The largest absolute Gasteiger partial charge is 0.497 e. The lowest BCUT2D eigenvalue weighted by Crippen LogP contribution is -2.30. The number of hydrogen-bond donors (Lipinski definition) is 1. The number of aromatic nitrogens is 3. The van der Waals surface area contributed by atoms with E-state index in [1.807, 2.05) is 67.0 Å². The summed E-state index contributed by atoms with van der Waals surface area (Å²) in [7, 11) is 3.28. The molecule has 0 radical (unpaired) electrons. The molecule has 8 heteroatoms. The first-order chi connectivity index (χ1) is 16.2. The zero-order valence-electron chi connectivity index (χ0n) is 18.3. The monoisotopic (exact) mass is 457 g/mol. The molecule has 0 unspecified atom stereocenters. The van der Waals surface area contributed by atoms with Gasteiger partial charge in [0.2, 0.25) is 0 Å².